The summed E-state index contributed by atoms with van der Waals surface area (Å²) in [4.78, 5) is 44.3. The first-order valence-corrected chi connectivity index (χ1v) is 11.1. The van der Waals surface area contributed by atoms with Gasteiger partial charge in [0.05, 0.1) is 10.9 Å². The molecule has 3 aromatic rings. The standard InChI is InChI=1S/C22H21N3O3S2/c1-14(26)16-7-6-8-17(11-16)23-21(28)15(2)30-22-24-18(12-20(27)25-22)13-29-19-9-4-3-5-10-19/h3-12,15H,13H2,1-2H3,(H,23,28)(H,24,25,27). The molecule has 1 unspecified atom stereocenters. The second kappa shape index (κ2) is 10.3. The fourth-order valence-electron chi connectivity index (χ4n) is 2.57. The first kappa shape index (κ1) is 21.9. The zero-order valence-electron chi connectivity index (χ0n) is 16.5. The lowest BCUT2D eigenvalue weighted by Crippen LogP contribution is -2.23. The van der Waals surface area contributed by atoms with Gasteiger partial charge in [-0.15, -0.1) is 11.8 Å². The molecule has 154 valence electrons. The lowest BCUT2D eigenvalue weighted by atomic mass is 10.1. The van der Waals surface area contributed by atoms with Gasteiger partial charge in [0.1, 0.15) is 0 Å². The largest absolute Gasteiger partial charge is 0.325 e. The van der Waals surface area contributed by atoms with Gasteiger partial charge in [-0.25, -0.2) is 4.98 Å². The summed E-state index contributed by atoms with van der Waals surface area (Å²) in [7, 11) is 0. The van der Waals surface area contributed by atoms with E-state index in [2.05, 4.69) is 15.3 Å². The molecule has 0 saturated carbocycles. The zero-order chi connectivity index (χ0) is 21.5. The number of anilines is 1. The Morgan fingerprint density at radius 3 is 2.60 bits per heavy atom. The van der Waals surface area contributed by atoms with Crippen LogP contribution in [0.4, 0.5) is 5.69 Å². The Balaban J connectivity index is 1.64. The van der Waals surface area contributed by atoms with Gasteiger partial charge in [0.2, 0.25) is 5.91 Å². The van der Waals surface area contributed by atoms with Crippen LogP contribution < -0.4 is 10.9 Å². The van der Waals surface area contributed by atoms with Crippen molar-refractivity contribution in [2.45, 2.75) is 34.9 Å². The number of benzene rings is 2. The number of amides is 1. The molecular weight excluding hydrogens is 418 g/mol. The Morgan fingerprint density at radius 1 is 1.10 bits per heavy atom. The van der Waals surface area contributed by atoms with Crippen molar-refractivity contribution in [2.24, 2.45) is 0 Å². The molecule has 0 saturated heterocycles. The van der Waals surface area contributed by atoms with E-state index in [1.165, 1.54) is 24.8 Å². The Kier molecular flexibility index (Phi) is 7.48. The lowest BCUT2D eigenvalue weighted by Gasteiger charge is -2.12. The summed E-state index contributed by atoms with van der Waals surface area (Å²) in [6.45, 7) is 3.21. The van der Waals surface area contributed by atoms with Crippen molar-refractivity contribution in [3.63, 3.8) is 0 Å². The van der Waals surface area contributed by atoms with Crippen molar-refractivity contribution in [2.75, 3.05) is 5.32 Å². The van der Waals surface area contributed by atoms with E-state index < -0.39 is 5.25 Å². The third kappa shape index (κ3) is 6.33. The number of H-pyrrole nitrogens is 1. The number of hydrogen-bond donors (Lipinski definition) is 2. The van der Waals surface area contributed by atoms with Crippen molar-refractivity contribution >= 4 is 40.9 Å². The van der Waals surface area contributed by atoms with Gasteiger partial charge in [0.15, 0.2) is 10.9 Å². The quantitative estimate of drug-likeness (QED) is 0.307. The number of ketones is 1. The first-order chi connectivity index (χ1) is 14.4. The Bertz CT molecular complexity index is 1100. The molecule has 1 aromatic heterocycles. The number of rotatable bonds is 8. The van der Waals surface area contributed by atoms with Crippen LogP contribution in [0.1, 0.15) is 29.9 Å². The van der Waals surface area contributed by atoms with E-state index in [0.29, 0.717) is 27.9 Å². The minimum Gasteiger partial charge on any atom is -0.325 e. The highest BCUT2D eigenvalue weighted by molar-refractivity contribution is 8.00. The highest BCUT2D eigenvalue weighted by Gasteiger charge is 2.17. The monoisotopic (exact) mass is 439 g/mol. The van der Waals surface area contributed by atoms with Crippen LogP contribution in [0.15, 0.2) is 75.5 Å². The number of Topliss-reactive ketones (excluding diaryl/α,β-unsaturated/α-hetero) is 1. The fourth-order valence-corrected chi connectivity index (χ4v) is 4.21. The molecule has 2 N–H and O–H groups in total. The van der Waals surface area contributed by atoms with Gasteiger partial charge in [0.25, 0.3) is 5.56 Å². The lowest BCUT2D eigenvalue weighted by molar-refractivity contribution is -0.115. The Morgan fingerprint density at radius 2 is 1.87 bits per heavy atom. The summed E-state index contributed by atoms with van der Waals surface area (Å²) >= 11 is 2.77. The fraction of sp³-hybridized carbons (Fsp3) is 0.182. The van der Waals surface area contributed by atoms with Gasteiger partial charge >= 0.3 is 0 Å². The van der Waals surface area contributed by atoms with Crippen molar-refractivity contribution in [3.8, 4) is 0 Å². The molecule has 8 heteroatoms. The van der Waals surface area contributed by atoms with Crippen LogP contribution >= 0.6 is 23.5 Å². The van der Waals surface area contributed by atoms with Gasteiger partial charge in [-0.05, 0) is 38.1 Å². The molecule has 1 atom stereocenters. The number of carbonyl (C=O) groups excluding carboxylic acids is 2. The average molecular weight is 440 g/mol. The molecular formula is C22H21N3O3S2. The highest BCUT2D eigenvalue weighted by atomic mass is 32.2. The van der Waals surface area contributed by atoms with Crippen molar-refractivity contribution in [3.05, 3.63) is 82.3 Å². The van der Waals surface area contributed by atoms with Crippen LogP contribution in [0.5, 0.6) is 0 Å². The number of aromatic amines is 1. The number of thioether (sulfide) groups is 2. The predicted octanol–water partition coefficient (Wildman–Crippen LogP) is 4.38. The normalized spacial score (nSPS) is 11.7. The SMILES string of the molecule is CC(=O)c1cccc(NC(=O)C(C)Sc2nc(CSc3ccccc3)cc(=O)[nH]2)c1. The minimum absolute atomic E-state index is 0.0690. The van der Waals surface area contributed by atoms with Crippen LogP contribution in [0.25, 0.3) is 0 Å². The highest BCUT2D eigenvalue weighted by Crippen LogP contribution is 2.24. The maximum atomic E-state index is 12.5. The van der Waals surface area contributed by atoms with Crippen molar-refractivity contribution in [1.82, 2.24) is 9.97 Å². The predicted molar refractivity (Wildman–Crippen MR) is 121 cm³/mol. The van der Waals surface area contributed by atoms with Crippen LogP contribution in [-0.2, 0) is 10.5 Å². The second-order valence-electron chi connectivity index (χ2n) is 6.53. The number of carbonyl (C=O) groups is 2. The molecule has 1 heterocycles. The van der Waals surface area contributed by atoms with Gasteiger partial charge in [-0.2, -0.15) is 0 Å². The topological polar surface area (TPSA) is 91.9 Å². The van der Waals surface area contributed by atoms with Crippen LogP contribution in [0.2, 0.25) is 0 Å². The summed E-state index contributed by atoms with van der Waals surface area (Å²) in [6, 6.07) is 18.1. The van der Waals surface area contributed by atoms with E-state index in [9.17, 15) is 14.4 Å². The third-order valence-corrected chi connectivity index (χ3v) is 6.13. The minimum atomic E-state index is -0.494. The van der Waals surface area contributed by atoms with E-state index >= 15 is 0 Å². The molecule has 30 heavy (non-hydrogen) atoms. The molecule has 0 aliphatic carbocycles. The first-order valence-electron chi connectivity index (χ1n) is 9.27. The van der Waals surface area contributed by atoms with E-state index in [0.717, 1.165) is 4.90 Å². The molecule has 2 aromatic carbocycles. The summed E-state index contributed by atoms with van der Waals surface area (Å²) in [5.74, 6) is 0.243. The molecule has 0 radical (unpaired) electrons. The smallest absolute Gasteiger partial charge is 0.251 e. The van der Waals surface area contributed by atoms with E-state index in [-0.39, 0.29) is 17.2 Å². The number of nitrogens with one attached hydrogen (secondary N) is 2. The molecule has 6 nitrogen and oxygen atoms in total. The molecule has 0 bridgehead atoms. The number of aromatic nitrogens is 2. The van der Waals surface area contributed by atoms with Gasteiger partial charge in [0, 0.05) is 28.0 Å². The summed E-state index contributed by atoms with van der Waals surface area (Å²) < 4.78 is 0. The maximum absolute atomic E-state index is 12.5. The second-order valence-corrected chi connectivity index (χ2v) is 8.91. The van der Waals surface area contributed by atoms with Gasteiger partial charge in [-0.1, -0.05) is 42.1 Å². The molecule has 0 fully saturated rings. The van der Waals surface area contributed by atoms with E-state index in [1.54, 1.807) is 43.0 Å². The average Bonchev–Trinajstić information content (AvgIpc) is 2.72. The summed E-state index contributed by atoms with van der Waals surface area (Å²) in [5, 5.41) is 2.70. The van der Waals surface area contributed by atoms with Crippen molar-refractivity contribution < 1.29 is 9.59 Å². The van der Waals surface area contributed by atoms with Crippen LogP contribution in [0, 0.1) is 0 Å². The Labute approximate surface area is 182 Å². The van der Waals surface area contributed by atoms with Crippen LogP contribution in [0.3, 0.4) is 0 Å². The van der Waals surface area contributed by atoms with E-state index in [1.807, 2.05) is 30.3 Å². The van der Waals surface area contributed by atoms with E-state index in [4.69, 9.17) is 0 Å². The third-order valence-electron chi connectivity index (χ3n) is 4.10. The zero-order valence-corrected chi connectivity index (χ0v) is 18.2. The number of nitrogens with zero attached hydrogens (tertiary/aromatic N) is 1. The van der Waals surface area contributed by atoms with Gasteiger partial charge in [-0.3, -0.25) is 14.4 Å². The van der Waals surface area contributed by atoms with Gasteiger partial charge < -0.3 is 10.3 Å². The maximum Gasteiger partial charge on any atom is 0.251 e. The summed E-state index contributed by atoms with van der Waals surface area (Å²) in [6.07, 6.45) is 0. The number of hydrogen-bond acceptors (Lipinski definition) is 6. The summed E-state index contributed by atoms with van der Waals surface area (Å²) in [5.41, 5.74) is 1.48. The van der Waals surface area contributed by atoms with Crippen LogP contribution in [-0.4, -0.2) is 26.9 Å². The molecule has 3 rings (SSSR count). The molecule has 0 aliphatic rings. The Hall–Kier alpha value is -2.84. The van der Waals surface area contributed by atoms with Crippen molar-refractivity contribution in [1.29, 1.82) is 0 Å². The molecule has 0 spiro atoms. The molecule has 1 amide bonds. The molecule has 0 aliphatic heterocycles.